The normalized spacial score (nSPS) is 27.8. The summed E-state index contributed by atoms with van der Waals surface area (Å²) in [7, 11) is 0. The van der Waals surface area contributed by atoms with Crippen molar-refractivity contribution in [2.24, 2.45) is 0 Å². The van der Waals surface area contributed by atoms with Crippen molar-refractivity contribution in [3.8, 4) is 0 Å². The molecule has 2 aromatic rings. The molecule has 9 heteroatoms. The first kappa shape index (κ1) is 20.7. The van der Waals surface area contributed by atoms with Gasteiger partial charge in [-0.1, -0.05) is 48.5 Å². The van der Waals surface area contributed by atoms with E-state index >= 15 is 0 Å². The summed E-state index contributed by atoms with van der Waals surface area (Å²) < 4.78 is 0. The first-order chi connectivity index (χ1) is 16.5. The highest BCUT2D eigenvalue weighted by molar-refractivity contribution is 6.05. The Morgan fingerprint density at radius 1 is 0.971 bits per heavy atom. The summed E-state index contributed by atoms with van der Waals surface area (Å²) in [6.45, 7) is 0.794. The smallest absolute Gasteiger partial charge is 0.327 e. The number of imide groups is 1. The first-order valence-corrected chi connectivity index (χ1v) is 11.6. The van der Waals surface area contributed by atoms with Gasteiger partial charge in [0, 0.05) is 30.7 Å². The molecule has 0 radical (unpaired) electrons. The Morgan fingerprint density at radius 2 is 1.74 bits per heavy atom. The van der Waals surface area contributed by atoms with Gasteiger partial charge in [0.1, 0.15) is 6.04 Å². The number of benzene rings is 2. The molecule has 6 amide bonds. The lowest BCUT2D eigenvalue weighted by molar-refractivity contribution is -0.129. The third kappa shape index (κ3) is 3.39. The Bertz CT molecular complexity index is 1180. The number of urea groups is 2. The van der Waals surface area contributed by atoms with Crippen molar-refractivity contribution >= 4 is 29.6 Å². The van der Waals surface area contributed by atoms with Crippen LogP contribution in [-0.2, 0) is 9.59 Å². The molecule has 34 heavy (non-hydrogen) atoms. The Labute approximate surface area is 196 Å². The molecule has 2 N–H and O–H groups in total. The molecule has 3 fully saturated rings. The van der Waals surface area contributed by atoms with Crippen LogP contribution in [0, 0.1) is 0 Å². The highest BCUT2D eigenvalue weighted by atomic mass is 16.2. The zero-order chi connectivity index (χ0) is 23.4. The maximum Gasteiger partial charge on any atom is 0.327 e. The number of hydrogen-bond acceptors (Lipinski definition) is 4. The SMILES string of the molecule is O=C1CC(NC(=O)N2CCN3C(=O)N([C@H]4C[C@@H]4c4ccccc4)C(=O)[C@@H]3C2)c2ccccc2N1. The van der Waals surface area contributed by atoms with Crippen LogP contribution < -0.4 is 10.6 Å². The second kappa shape index (κ2) is 7.86. The fourth-order valence-electron chi connectivity index (χ4n) is 5.41. The minimum Gasteiger partial charge on any atom is -0.331 e. The number of carbonyl (C=O) groups excluding carboxylic acids is 4. The second-order valence-electron chi connectivity index (χ2n) is 9.31. The predicted octanol–water partition coefficient (Wildman–Crippen LogP) is 2.28. The molecule has 0 aromatic heterocycles. The topological polar surface area (TPSA) is 102 Å². The van der Waals surface area contributed by atoms with Crippen molar-refractivity contribution in [2.45, 2.75) is 36.9 Å². The van der Waals surface area contributed by atoms with Gasteiger partial charge in [-0.25, -0.2) is 9.59 Å². The largest absolute Gasteiger partial charge is 0.331 e. The number of amides is 6. The van der Waals surface area contributed by atoms with Crippen LogP contribution >= 0.6 is 0 Å². The molecule has 1 aliphatic carbocycles. The van der Waals surface area contributed by atoms with E-state index in [2.05, 4.69) is 10.6 Å². The van der Waals surface area contributed by atoms with Crippen LogP contribution in [0.5, 0.6) is 0 Å². The zero-order valence-corrected chi connectivity index (χ0v) is 18.5. The summed E-state index contributed by atoms with van der Waals surface area (Å²) in [5.41, 5.74) is 2.68. The van der Waals surface area contributed by atoms with E-state index in [1.54, 1.807) is 9.80 Å². The number of para-hydroxylation sites is 1. The van der Waals surface area contributed by atoms with Crippen LogP contribution in [0.25, 0.3) is 0 Å². The monoisotopic (exact) mass is 459 g/mol. The number of hydrogen-bond donors (Lipinski definition) is 2. The minimum absolute atomic E-state index is 0.118. The second-order valence-corrected chi connectivity index (χ2v) is 9.31. The summed E-state index contributed by atoms with van der Waals surface area (Å²) in [5.74, 6) is -0.209. The highest BCUT2D eigenvalue weighted by Gasteiger charge is 2.56. The average Bonchev–Trinajstić information content (AvgIpc) is 3.59. The van der Waals surface area contributed by atoms with Crippen molar-refractivity contribution in [3.05, 3.63) is 65.7 Å². The molecule has 4 atom stereocenters. The molecule has 1 saturated carbocycles. The van der Waals surface area contributed by atoms with Crippen LogP contribution in [-0.4, -0.2) is 70.3 Å². The van der Waals surface area contributed by atoms with Crippen molar-refractivity contribution in [1.82, 2.24) is 20.0 Å². The van der Waals surface area contributed by atoms with Gasteiger partial charge in [-0.2, -0.15) is 0 Å². The van der Waals surface area contributed by atoms with Crippen LogP contribution in [0.1, 0.15) is 35.9 Å². The van der Waals surface area contributed by atoms with Gasteiger partial charge in [0.15, 0.2) is 0 Å². The van der Waals surface area contributed by atoms with E-state index in [0.717, 1.165) is 17.5 Å². The maximum atomic E-state index is 13.2. The van der Waals surface area contributed by atoms with E-state index in [1.807, 2.05) is 54.6 Å². The Hall–Kier alpha value is -3.88. The highest BCUT2D eigenvalue weighted by Crippen LogP contribution is 2.46. The third-order valence-corrected chi connectivity index (χ3v) is 7.26. The lowest BCUT2D eigenvalue weighted by Gasteiger charge is -2.36. The number of rotatable bonds is 3. The number of piperazine rings is 1. The molecule has 0 bridgehead atoms. The quantitative estimate of drug-likeness (QED) is 0.688. The molecule has 3 heterocycles. The van der Waals surface area contributed by atoms with Crippen LogP contribution in [0.15, 0.2) is 54.6 Å². The molecule has 2 saturated heterocycles. The van der Waals surface area contributed by atoms with Crippen molar-refractivity contribution in [2.75, 3.05) is 25.0 Å². The summed E-state index contributed by atoms with van der Waals surface area (Å²) in [5, 5.41) is 5.78. The maximum absolute atomic E-state index is 13.2. The molecule has 1 unspecified atom stereocenters. The van der Waals surface area contributed by atoms with Gasteiger partial charge in [0.2, 0.25) is 5.91 Å². The van der Waals surface area contributed by atoms with Crippen molar-refractivity contribution in [3.63, 3.8) is 0 Å². The van der Waals surface area contributed by atoms with Crippen molar-refractivity contribution in [1.29, 1.82) is 0 Å². The zero-order valence-electron chi connectivity index (χ0n) is 18.5. The van der Waals surface area contributed by atoms with E-state index in [1.165, 1.54) is 4.90 Å². The molecule has 4 aliphatic rings. The average molecular weight is 460 g/mol. The fourth-order valence-corrected chi connectivity index (χ4v) is 5.41. The molecular weight excluding hydrogens is 434 g/mol. The minimum atomic E-state index is -0.661. The molecule has 9 nitrogen and oxygen atoms in total. The van der Waals surface area contributed by atoms with Gasteiger partial charge in [-0.15, -0.1) is 0 Å². The Kier molecular flexibility index (Phi) is 4.79. The number of nitrogens with zero attached hydrogens (tertiary/aromatic N) is 3. The lowest BCUT2D eigenvalue weighted by Crippen LogP contribution is -2.57. The van der Waals surface area contributed by atoms with Gasteiger partial charge >= 0.3 is 12.1 Å². The number of anilines is 1. The first-order valence-electron chi connectivity index (χ1n) is 11.6. The lowest BCUT2D eigenvalue weighted by atomic mass is 9.97. The number of nitrogens with one attached hydrogen (secondary N) is 2. The van der Waals surface area contributed by atoms with Crippen LogP contribution in [0.4, 0.5) is 15.3 Å². The van der Waals surface area contributed by atoms with Crippen molar-refractivity contribution < 1.29 is 19.2 Å². The predicted molar refractivity (Wildman–Crippen MR) is 123 cm³/mol. The standard InChI is InChI=1S/C25H25N5O4/c31-22-13-19(16-8-4-5-9-18(16)26-22)27-24(33)28-10-11-29-21(14-28)23(32)30(25(29)34)20-12-17(20)15-6-2-1-3-7-15/h1-9,17,19-21H,10-14H2,(H,26,31)(H,27,33)/t17-,19?,20+,21+/m1/s1. The summed E-state index contributed by atoms with van der Waals surface area (Å²) in [4.78, 5) is 56.0. The van der Waals surface area contributed by atoms with Gasteiger partial charge < -0.3 is 20.4 Å². The van der Waals surface area contributed by atoms with Gasteiger partial charge in [0.25, 0.3) is 5.91 Å². The van der Waals surface area contributed by atoms with E-state index < -0.39 is 12.1 Å². The summed E-state index contributed by atoms with van der Waals surface area (Å²) in [6, 6.07) is 15.5. The van der Waals surface area contributed by atoms with Gasteiger partial charge in [0.05, 0.1) is 19.0 Å². The number of fused-ring (bicyclic) bond motifs is 2. The molecule has 3 aliphatic heterocycles. The van der Waals surface area contributed by atoms with E-state index in [9.17, 15) is 19.2 Å². The number of carbonyl (C=O) groups is 4. The van der Waals surface area contributed by atoms with E-state index in [-0.39, 0.29) is 48.8 Å². The molecule has 2 aromatic carbocycles. The molecule has 174 valence electrons. The third-order valence-electron chi connectivity index (χ3n) is 7.26. The van der Waals surface area contributed by atoms with E-state index in [0.29, 0.717) is 18.8 Å². The van der Waals surface area contributed by atoms with Crippen LogP contribution in [0.2, 0.25) is 0 Å². The fraction of sp³-hybridized carbons (Fsp3) is 0.360. The molecule has 0 spiro atoms. The summed E-state index contributed by atoms with van der Waals surface area (Å²) >= 11 is 0. The molecular formula is C25H25N5O4. The van der Waals surface area contributed by atoms with Gasteiger partial charge in [-0.05, 0) is 23.6 Å². The molecule has 6 rings (SSSR count). The Balaban J connectivity index is 1.13. The Morgan fingerprint density at radius 3 is 2.56 bits per heavy atom. The van der Waals surface area contributed by atoms with Gasteiger partial charge in [-0.3, -0.25) is 14.5 Å². The van der Waals surface area contributed by atoms with Crippen LogP contribution in [0.3, 0.4) is 0 Å². The summed E-state index contributed by atoms with van der Waals surface area (Å²) in [6.07, 6.45) is 0.926. The van der Waals surface area contributed by atoms with E-state index in [4.69, 9.17) is 0 Å².